The van der Waals surface area contributed by atoms with Crippen molar-refractivity contribution in [2.24, 2.45) is 0 Å². The Kier molecular flexibility index (Phi) is 7.20. The Bertz CT molecular complexity index is 1350. The summed E-state index contributed by atoms with van der Waals surface area (Å²) in [5, 5.41) is 3.39. The molecule has 36 heavy (non-hydrogen) atoms. The lowest BCUT2D eigenvalue weighted by Gasteiger charge is -2.27. The molecule has 0 saturated carbocycles. The van der Waals surface area contributed by atoms with Gasteiger partial charge in [0.05, 0.1) is 42.9 Å². The Balaban J connectivity index is 1.50. The van der Waals surface area contributed by atoms with Crippen LogP contribution in [0.4, 0.5) is 17.5 Å². The molecule has 1 aliphatic heterocycles. The van der Waals surface area contributed by atoms with Crippen molar-refractivity contribution in [2.45, 2.75) is 19.9 Å². The van der Waals surface area contributed by atoms with Crippen LogP contribution in [0.25, 0.3) is 22.3 Å². The van der Waals surface area contributed by atoms with Crippen molar-refractivity contribution in [3.63, 3.8) is 0 Å². The lowest BCUT2D eigenvalue weighted by Crippen LogP contribution is -2.37. The maximum atomic E-state index is 12.0. The number of aromatic nitrogens is 4. The minimum Gasteiger partial charge on any atom is -0.383 e. The molecular weight excluding hydrogens is 456 g/mol. The van der Waals surface area contributed by atoms with E-state index in [0.717, 1.165) is 47.6 Å². The molecule has 186 valence electrons. The molecule has 0 unspecified atom stereocenters. The Morgan fingerprint density at radius 3 is 2.64 bits per heavy atom. The smallest absolute Gasteiger partial charge is 0.228 e. The molecule has 1 saturated heterocycles. The number of carbonyl (C=O) groups is 1. The number of nitrogens with one attached hydrogen (secondary N) is 1. The van der Waals surface area contributed by atoms with Crippen molar-refractivity contribution in [1.29, 1.82) is 0 Å². The lowest BCUT2D eigenvalue weighted by molar-refractivity contribution is 0.0988. The molecule has 4 aromatic rings. The lowest BCUT2D eigenvalue weighted by atomic mass is 10.1. The summed E-state index contributed by atoms with van der Waals surface area (Å²) in [5.41, 5.74) is 5.31. The van der Waals surface area contributed by atoms with Crippen molar-refractivity contribution in [1.82, 2.24) is 19.5 Å². The zero-order valence-electron chi connectivity index (χ0n) is 20.6. The van der Waals surface area contributed by atoms with E-state index in [4.69, 9.17) is 19.4 Å². The summed E-state index contributed by atoms with van der Waals surface area (Å²) in [6, 6.07) is 15.6. The second-order valence-electron chi connectivity index (χ2n) is 8.65. The summed E-state index contributed by atoms with van der Waals surface area (Å²) >= 11 is 0. The third-order valence-electron chi connectivity index (χ3n) is 6.26. The van der Waals surface area contributed by atoms with E-state index in [1.54, 1.807) is 7.11 Å². The standard InChI is InChI=1S/C27H30N6O3/c1-3-25(34)19-4-7-21(8-5-19)29-26-17-23(30-27(31-26)32-11-14-36-15-12-32)20-6-9-22-24(16-20)33(18-28-22)10-13-35-2/h4-9,16-18H,3,10-15H2,1-2H3,(H,29,30,31). The van der Waals surface area contributed by atoms with Crippen molar-refractivity contribution in [3.8, 4) is 11.3 Å². The molecule has 1 aliphatic rings. The molecule has 2 aromatic heterocycles. The van der Waals surface area contributed by atoms with Gasteiger partial charge >= 0.3 is 0 Å². The number of anilines is 3. The summed E-state index contributed by atoms with van der Waals surface area (Å²) in [6.45, 7) is 5.97. The number of rotatable bonds is 9. The van der Waals surface area contributed by atoms with Gasteiger partial charge in [-0.25, -0.2) is 9.97 Å². The van der Waals surface area contributed by atoms with Gasteiger partial charge < -0.3 is 24.3 Å². The minimum absolute atomic E-state index is 0.126. The third kappa shape index (κ3) is 5.22. The first-order valence-electron chi connectivity index (χ1n) is 12.2. The van der Waals surface area contributed by atoms with Crippen LogP contribution in [0.5, 0.6) is 0 Å². The molecule has 9 nitrogen and oxygen atoms in total. The Hall–Kier alpha value is -3.82. The quantitative estimate of drug-likeness (QED) is 0.350. The largest absolute Gasteiger partial charge is 0.383 e. The summed E-state index contributed by atoms with van der Waals surface area (Å²) in [7, 11) is 1.70. The number of carbonyl (C=O) groups excluding carboxylic acids is 1. The minimum atomic E-state index is 0.126. The average Bonchev–Trinajstić information content (AvgIpc) is 3.34. The average molecular weight is 487 g/mol. The fraction of sp³-hybridized carbons (Fsp3) is 0.333. The SMILES string of the molecule is CCC(=O)c1ccc(Nc2cc(-c3ccc4ncn(CCOC)c4c3)nc(N3CCOCC3)n2)cc1. The van der Waals surface area contributed by atoms with Crippen LogP contribution >= 0.6 is 0 Å². The first kappa shape index (κ1) is 23.9. The fourth-order valence-electron chi connectivity index (χ4n) is 4.23. The van der Waals surface area contributed by atoms with E-state index in [9.17, 15) is 4.79 Å². The number of ether oxygens (including phenoxy) is 2. The number of nitrogens with zero attached hydrogens (tertiary/aromatic N) is 5. The molecule has 9 heteroatoms. The highest BCUT2D eigenvalue weighted by molar-refractivity contribution is 5.96. The van der Waals surface area contributed by atoms with Gasteiger partial charge in [0.2, 0.25) is 5.95 Å². The predicted molar refractivity (Wildman–Crippen MR) is 140 cm³/mol. The molecule has 0 amide bonds. The van der Waals surface area contributed by atoms with E-state index < -0.39 is 0 Å². The Morgan fingerprint density at radius 1 is 1.08 bits per heavy atom. The molecule has 0 radical (unpaired) electrons. The number of hydrogen-bond donors (Lipinski definition) is 1. The molecule has 2 aromatic carbocycles. The number of morpholine rings is 1. The van der Waals surface area contributed by atoms with Crippen molar-refractivity contribution in [3.05, 3.63) is 60.4 Å². The highest BCUT2D eigenvalue weighted by Gasteiger charge is 2.17. The van der Waals surface area contributed by atoms with Gasteiger partial charge in [0.1, 0.15) is 5.82 Å². The molecule has 1 N–H and O–H groups in total. The normalized spacial score (nSPS) is 13.8. The summed E-state index contributed by atoms with van der Waals surface area (Å²) < 4.78 is 12.9. The summed E-state index contributed by atoms with van der Waals surface area (Å²) in [5.74, 6) is 1.47. The maximum absolute atomic E-state index is 12.0. The number of imidazole rings is 1. The van der Waals surface area contributed by atoms with E-state index in [2.05, 4.69) is 25.8 Å². The topological polar surface area (TPSA) is 94.4 Å². The Labute approximate surface area is 210 Å². The monoisotopic (exact) mass is 486 g/mol. The van der Waals surface area contributed by atoms with E-state index in [1.165, 1.54) is 0 Å². The number of ketones is 1. The van der Waals surface area contributed by atoms with Crippen LogP contribution in [0.15, 0.2) is 54.9 Å². The van der Waals surface area contributed by atoms with Gasteiger partial charge in [-0.3, -0.25) is 4.79 Å². The third-order valence-corrected chi connectivity index (χ3v) is 6.26. The molecule has 1 fully saturated rings. The maximum Gasteiger partial charge on any atom is 0.228 e. The van der Waals surface area contributed by atoms with E-state index in [1.807, 2.05) is 55.7 Å². The zero-order chi connectivity index (χ0) is 24.9. The van der Waals surface area contributed by atoms with Crippen molar-refractivity contribution >= 4 is 34.3 Å². The van der Waals surface area contributed by atoms with Gasteiger partial charge in [0.25, 0.3) is 0 Å². The van der Waals surface area contributed by atoms with Crippen LogP contribution < -0.4 is 10.2 Å². The van der Waals surface area contributed by atoms with Gasteiger partial charge in [0, 0.05) is 56.0 Å². The highest BCUT2D eigenvalue weighted by atomic mass is 16.5. The first-order valence-corrected chi connectivity index (χ1v) is 12.2. The number of benzene rings is 2. The highest BCUT2D eigenvalue weighted by Crippen LogP contribution is 2.28. The number of methoxy groups -OCH3 is 1. The van der Waals surface area contributed by atoms with Gasteiger partial charge in [0.15, 0.2) is 5.78 Å². The van der Waals surface area contributed by atoms with Gasteiger partial charge in [-0.15, -0.1) is 0 Å². The van der Waals surface area contributed by atoms with Crippen LogP contribution in [-0.2, 0) is 16.0 Å². The van der Waals surface area contributed by atoms with E-state index in [-0.39, 0.29) is 5.78 Å². The second-order valence-corrected chi connectivity index (χ2v) is 8.65. The molecule has 5 rings (SSSR count). The van der Waals surface area contributed by atoms with E-state index in [0.29, 0.717) is 43.6 Å². The molecule has 0 aliphatic carbocycles. The fourth-order valence-corrected chi connectivity index (χ4v) is 4.23. The Morgan fingerprint density at radius 2 is 1.89 bits per heavy atom. The first-order chi connectivity index (χ1) is 17.6. The molecule has 0 atom stereocenters. The van der Waals surface area contributed by atoms with Gasteiger partial charge in [-0.2, -0.15) is 4.98 Å². The van der Waals surface area contributed by atoms with Crippen LogP contribution in [0.1, 0.15) is 23.7 Å². The molecule has 3 heterocycles. The number of Topliss-reactive ketones (excluding diaryl/α,β-unsaturated/α-hetero) is 1. The van der Waals surface area contributed by atoms with E-state index >= 15 is 0 Å². The van der Waals surface area contributed by atoms with Crippen LogP contribution in [0.2, 0.25) is 0 Å². The predicted octanol–water partition coefficient (Wildman–Crippen LogP) is 4.31. The number of hydrogen-bond acceptors (Lipinski definition) is 8. The molecular formula is C27H30N6O3. The van der Waals surface area contributed by atoms with Crippen LogP contribution in [0, 0.1) is 0 Å². The summed E-state index contributed by atoms with van der Waals surface area (Å²) in [4.78, 5) is 28.4. The van der Waals surface area contributed by atoms with Gasteiger partial charge in [-0.1, -0.05) is 13.0 Å². The van der Waals surface area contributed by atoms with Crippen LogP contribution in [-0.4, -0.2) is 65.3 Å². The zero-order valence-corrected chi connectivity index (χ0v) is 20.6. The molecule has 0 spiro atoms. The number of fused-ring (bicyclic) bond motifs is 1. The van der Waals surface area contributed by atoms with Crippen molar-refractivity contribution in [2.75, 3.05) is 50.2 Å². The van der Waals surface area contributed by atoms with Crippen molar-refractivity contribution < 1.29 is 14.3 Å². The summed E-state index contributed by atoms with van der Waals surface area (Å²) in [6.07, 6.45) is 2.33. The second kappa shape index (κ2) is 10.8. The molecule has 0 bridgehead atoms. The van der Waals surface area contributed by atoms with Gasteiger partial charge in [-0.05, 0) is 36.4 Å². The van der Waals surface area contributed by atoms with Crippen LogP contribution in [0.3, 0.4) is 0 Å².